The lowest BCUT2D eigenvalue weighted by atomic mass is 9.95. The summed E-state index contributed by atoms with van der Waals surface area (Å²) in [5, 5.41) is 11.7. The predicted molar refractivity (Wildman–Crippen MR) is 115 cm³/mol. The van der Waals surface area contributed by atoms with E-state index in [0.717, 1.165) is 31.0 Å². The van der Waals surface area contributed by atoms with Gasteiger partial charge in [0.25, 0.3) is 5.91 Å². The number of carbonyl (C=O) groups excluding carboxylic acids is 1. The van der Waals surface area contributed by atoms with Crippen molar-refractivity contribution < 1.29 is 4.79 Å². The Hall–Kier alpha value is -2.67. The van der Waals surface area contributed by atoms with Crippen LogP contribution in [0.15, 0.2) is 41.5 Å². The van der Waals surface area contributed by atoms with Crippen molar-refractivity contribution in [1.29, 1.82) is 0 Å². The molecule has 2 aromatic rings. The third kappa shape index (κ3) is 3.92. The number of amidine groups is 1. The molecule has 1 saturated heterocycles. The molecule has 3 heterocycles. The van der Waals surface area contributed by atoms with E-state index in [1.807, 2.05) is 24.1 Å². The molecule has 1 atom stereocenters. The second kappa shape index (κ2) is 7.30. The predicted octanol–water partition coefficient (Wildman–Crippen LogP) is 2.90. The van der Waals surface area contributed by atoms with Crippen LogP contribution in [0.1, 0.15) is 50.2 Å². The molecule has 2 aliphatic heterocycles. The molecule has 0 saturated carbocycles. The molecule has 29 heavy (non-hydrogen) atoms. The second-order valence-corrected chi connectivity index (χ2v) is 8.88. The fourth-order valence-electron chi connectivity index (χ4n) is 4.00. The number of aromatic nitrogens is 2. The number of aliphatic imine (C=N–C) groups is 1. The van der Waals surface area contributed by atoms with Crippen molar-refractivity contribution in [2.24, 2.45) is 4.99 Å². The van der Waals surface area contributed by atoms with E-state index in [0.29, 0.717) is 18.8 Å². The molecule has 4 rings (SSSR count). The van der Waals surface area contributed by atoms with Crippen LogP contribution in [0.25, 0.3) is 0 Å². The summed E-state index contributed by atoms with van der Waals surface area (Å²) in [5.74, 6) is 0.886. The van der Waals surface area contributed by atoms with Gasteiger partial charge in [-0.1, -0.05) is 18.2 Å². The number of carbonyl (C=O) groups is 1. The Morgan fingerprint density at radius 3 is 2.79 bits per heavy atom. The van der Waals surface area contributed by atoms with Crippen molar-refractivity contribution in [3.63, 3.8) is 0 Å². The molecule has 2 N–H and O–H groups in total. The van der Waals surface area contributed by atoms with Crippen LogP contribution in [-0.2, 0) is 13.1 Å². The average molecular weight is 395 g/mol. The number of fused-ring (bicyclic) bond motifs is 1. The van der Waals surface area contributed by atoms with Crippen LogP contribution in [0.4, 0.5) is 5.69 Å². The Bertz CT molecular complexity index is 941. The Kier molecular flexibility index (Phi) is 4.94. The highest BCUT2D eigenvalue weighted by Gasteiger charge is 2.46. The lowest BCUT2D eigenvalue weighted by Gasteiger charge is -2.32. The van der Waals surface area contributed by atoms with E-state index in [9.17, 15) is 4.79 Å². The smallest absolute Gasteiger partial charge is 0.274 e. The lowest BCUT2D eigenvalue weighted by Crippen LogP contribution is -2.56. The molecule has 1 amide bonds. The Morgan fingerprint density at radius 2 is 2.07 bits per heavy atom. The maximum absolute atomic E-state index is 13.1. The Labute approximate surface area is 172 Å². The number of hydrogen-bond donors (Lipinski definition) is 2. The van der Waals surface area contributed by atoms with Gasteiger partial charge >= 0.3 is 0 Å². The number of rotatable bonds is 2. The van der Waals surface area contributed by atoms with E-state index in [2.05, 4.69) is 54.7 Å². The molecule has 1 spiro atoms. The molecule has 1 unspecified atom stereocenters. The van der Waals surface area contributed by atoms with Gasteiger partial charge in [0.1, 0.15) is 11.5 Å². The fraction of sp³-hybridized carbons (Fsp3) is 0.500. The molecule has 0 radical (unpaired) electrons. The van der Waals surface area contributed by atoms with Crippen LogP contribution in [-0.4, -0.2) is 50.6 Å². The Morgan fingerprint density at radius 1 is 1.28 bits per heavy atom. The summed E-state index contributed by atoms with van der Waals surface area (Å²) in [5.41, 5.74) is 2.16. The number of aryl methyl sites for hydroxylation is 1. The van der Waals surface area contributed by atoms with E-state index in [1.54, 1.807) is 10.7 Å². The summed E-state index contributed by atoms with van der Waals surface area (Å²) in [6.45, 7) is 11.0. The number of nitrogens with one attached hydrogen (secondary N) is 2. The maximum atomic E-state index is 13.1. The number of anilines is 1. The monoisotopic (exact) mass is 394 g/mol. The zero-order valence-electron chi connectivity index (χ0n) is 17.7. The van der Waals surface area contributed by atoms with Crippen LogP contribution >= 0.6 is 0 Å². The molecule has 2 aliphatic rings. The van der Waals surface area contributed by atoms with Gasteiger partial charge in [-0.15, -0.1) is 0 Å². The van der Waals surface area contributed by atoms with Gasteiger partial charge in [0.05, 0.1) is 11.1 Å². The summed E-state index contributed by atoms with van der Waals surface area (Å²) >= 11 is 0. The lowest BCUT2D eigenvalue weighted by molar-refractivity contribution is 0.0779. The minimum Gasteiger partial charge on any atom is -0.342 e. The van der Waals surface area contributed by atoms with Gasteiger partial charge in [-0.2, -0.15) is 5.10 Å². The summed E-state index contributed by atoms with van der Waals surface area (Å²) < 4.78 is 1.79. The maximum Gasteiger partial charge on any atom is 0.274 e. The second-order valence-electron chi connectivity index (χ2n) is 8.88. The van der Waals surface area contributed by atoms with Gasteiger partial charge in [-0.25, -0.2) is 0 Å². The SMILES string of the molecule is CCn1ccc(C(=O)N2CCC3(C2)NCc2ccccc2NC3=NC(C)(C)C)n1. The van der Waals surface area contributed by atoms with Gasteiger partial charge in [0.15, 0.2) is 0 Å². The molecular weight excluding hydrogens is 364 g/mol. The molecule has 0 aliphatic carbocycles. The van der Waals surface area contributed by atoms with Crippen LogP contribution in [0, 0.1) is 0 Å². The number of amides is 1. The summed E-state index contributed by atoms with van der Waals surface area (Å²) in [4.78, 5) is 20.0. The third-order valence-corrected chi connectivity index (χ3v) is 5.53. The van der Waals surface area contributed by atoms with Crippen LogP contribution in [0.3, 0.4) is 0 Å². The van der Waals surface area contributed by atoms with E-state index < -0.39 is 5.54 Å². The number of likely N-dealkylation sites (tertiary alicyclic amines) is 1. The summed E-state index contributed by atoms with van der Waals surface area (Å²) in [7, 11) is 0. The van der Waals surface area contributed by atoms with Crippen LogP contribution < -0.4 is 10.6 Å². The molecule has 0 bridgehead atoms. The highest BCUT2D eigenvalue weighted by molar-refractivity contribution is 6.05. The number of hydrogen-bond acceptors (Lipinski definition) is 4. The fourth-order valence-corrected chi connectivity index (χ4v) is 4.00. The number of nitrogens with zero attached hydrogens (tertiary/aromatic N) is 4. The minimum atomic E-state index is -0.394. The quantitative estimate of drug-likeness (QED) is 0.821. The molecular formula is C22H30N6O. The Balaban J connectivity index is 1.64. The zero-order chi connectivity index (χ0) is 20.6. The van der Waals surface area contributed by atoms with E-state index in [4.69, 9.17) is 4.99 Å². The van der Waals surface area contributed by atoms with Gasteiger partial charge in [0, 0.05) is 38.1 Å². The molecule has 1 aromatic heterocycles. The van der Waals surface area contributed by atoms with Crippen LogP contribution in [0.5, 0.6) is 0 Å². The first-order chi connectivity index (χ1) is 13.8. The van der Waals surface area contributed by atoms with E-state index >= 15 is 0 Å². The minimum absolute atomic E-state index is 0.0206. The van der Waals surface area contributed by atoms with Crippen molar-refractivity contribution in [3.8, 4) is 0 Å². The highest BCUT2D eigenvalue weighted by atomic mass is 16.2. The van der Waals surface area contributed by atoms with E-state index in [-0.39, 0.29) is 11.4 Å². The highest BCUT2D eigenvalue weighted by Crippen LogP contribution is 2.31. The van der Waals surface area contributed by atoms with Gasteiger partial charge in [0.2, 0.25) is 0 Å². The molecule has 1 aromatic carbocycles. The average Bonchev–Trinajstić information content (AvgIpc) is 3.30. The van der Waals surface area contributed by atoms with Crippen molar-refractivity contribution in [2.75, 3.05) is 18.4 Å². The number of benzene rings is 1. The van der Waals surface area contributed by atoms with Crippen molar-refractivity contribution in [1.82, 2.24) is 20.0 Å². The molecule has 1 fully saturated rings. The van der Waals surface area contributed by atoms with E-state index in [1.165, 1.54) is 5.56 Å². The molecule has 154 valence electrons. The van der Waals surface area contributed by atoms with Gasteiger partial charge in [-0.05, 0) is 51.8 Å². The normalized spacial score (nSPS) is 23.2. The first-order valence-corrected chi connectivity index (χ1v) is 10.3. The van der Waals surface area contributed by atoms with Gasteiger partial charge < -0.3 is 10.2 Å². The first kappa shape index (κ1) is 19.6. The summed E-state index contributed by atoms with van der Waals surface area (Å²) in [6, 6.07) is 10.1. The number of para-hydroxylation sites is 1. The molecule has 7 heteroatoms. The standard InChI is InChI=1S/C22H30N6O/c1-5-28-12-10-18(26-28)19(29)27-13-11-22(15-27)20(25-21(2,3)4)24-17-9-7-6-8-16(17)14-23-22/h6-10,12,23H,5,11,13-15H2,1-4H3,(H,24,25). The zero-order valence-corrected chi connectivity index (χ0v) is 17.7. The van der Waals surface area contributed by atoms with Crippen molar-refractivity contribution in [3.05, 3.63) is 47.8 Å². The summed E-state index contributed by atoms with van der Waals surface area (Å²) in [6.07, 6.45) is 2.66. The largest absolute Gasteiger partial charge is 0.342 e. The van der Waals surface area contributed by atoms with Gasteiger partial charge in [-0.3, -0.25) is 19.8 Å². The first-order valence-electron chi connectivity index (χ1n) is 10.3. The van der Waals surface area contributed by atoms with Crippen LogP contribution in [0.2, 0.25) is 0 Å². The van der Waals surface area contributed by atoms with Crippen molar-refractivity contribution in [2.45, 2.75) is 58.3 Å². The third-order valence-electron chi connectivity index (χ3n) is 5.53. The molecule has 7 nitrogen and oxygen atoms in total. The topological polar surface area (TPSA) is 74.6 Å². The van der Waals surface area contributed by atoms with Crippen molar-refractivity contribution >= 4 is 17.4 Å².